The Balaban J connectivity index is 3.52. The molecule has 4 N–H and O–H groups in total. The Kier molecular flexibility index (Phi) is 11.2. The average molecular weight is 294 g/mol. The predicted molar refractivity (Wildman–Crippen MR) is 67.9 cm³/mol. The number of hydrogen-bond acceptors (Lipinski definition) is 8. The molecule has 3 unspecified atom stereocenters. The van der Waals surface area contributed by atoms with Gasteiger partial charge >= 0.3 is 5.97 Å². The van der Waals surface area contributed by atoms with Gasteiger partial charge in [0.05, 0.1) is 33.0 Å². The number of aliphatic hydroxyl groups excluding tert-OH is 4. The number of ether oxygens (including phenoxy) is 3. The summed E-state index contributed by atoms with van der Waals surface area (Å²) in [6.07, 6.45) is -1.92. The fraction of sp³-hybridized carbons (Fsp3) is 0.750. The minimum absolute atomic E-state index is 0.0708. The predicted octanol–water partition coefficient (Wildman–Crippen LogP) is -2.18. The van der Waals surface area contributed by atoms with E-state index in [1.165, 1.54) is 0 Å². The highest BCUT2D eigenvalue weighted by molar-refractivity contribution is 5.81. The molecule has 8 heteroatoms. The minimum Gasteiger partial charge on any atom is -0.460 e. The number of rotatable bonds is 12. The van der Waals surface area contributed by atoms with Gasteiger partial charge in [-0.15, -0.1) is 0 Å². The van der Waals surface area contributed by atoms with E-state index in [2.05, 4.69) is 11.3 Å². The van der Waals surface area contributed by atoms with Crippen LogP contribution in [0.4, 0.5) is 0 Å². The van der Waals surface area contributed by atoms with Gasteiger partial charge in [-0.05, 0) is 0 Å². The molecule has 0 radical (unpaired) electrons. The topological polar surface area (TPSA) is 126 Å². The van der Waals surface area contributed by atoms with Crippen molar-refractivity contribution in [2.75, 3.05) is 39.6 Å². The first-order chi connectivity index (χ1) is 9.49. The van der Waals surface area contributed by atoms with Gasteiger partial charge in [0.2, 0.25) is 0 Å². The summed E-state index contributed by atoms with van der Waals surface area (Å²) in [5, 5.41) is 36.3. The smallest absolute Gasteiger partial charge is 0.330 e. The highest BCUT2D eigenvalue weighted by atomic mass is 16.6. The SMILES string of the molecule is C=CC(=O)OCC(O)COCC(O)COCC(O)CO. The van der Waals surface area contributed by atoms with Crippen LogP contribution in [0.15, 0.2) is 12.7 Å². The molecule has 0 heterocycles. The summed E-state index contributed by atoms with van der Waals surface area (Å²) in [5.74, 6) is -0.639. The van der Waals surface area contributed by atoms with Gasteiger partial charge in [-0.25, -0.2) is 4.79 Å². The van der Waals surface area contributed by atoms with E-state index in [4.69, 9.17) is 19.7 Å². The molecule has 118 valence electrons. The highest BCUT2D eigenvalue weighted by Crippen LogP contribution is 1.93. The van der Waals surface area contributed by atoms with Crippen molar-refractivity contribution in [3.8, 4) is 0 Å². The van der Waals surface area contributed by atoms with Gasteiger partial charge in [0.25, 0.3) is 0 Å². The molecule has 0 saturated heterocycles. The molecule has 0 bridgehead atoms. The maximum atomic E-state index is 10.7. The van der Waals surface area contributed by atoms with Crippen LogP contribution in [-0.4, -0.2) is 84.3 Å². The van der Waals surface area contributed by atoms with Crippen molar-refractivity contribution in [3.05, 3.63) is 12.7 Å². The fourth-order valence-corrected chi connectivity index (χ4v) is 1.07. The van der Waals surface area contributed by atoms with Crippen molar-refractivity contribution in [3.63, 3.8) is 0 Å². The second kappa shape index (κ2) is 11.8. The van der Waals surface area contributed by atoms with E-state index < -0.39 is 30.9 Å². The Bertz CT molecular complexity index is 270. The molecule has 0 aliphatic heterocycles. The van der Waals surface area contributed by atoms with E-state index in [1.54, 1.807) is 0 Å². The van der Waals surface area contributed by atoms with E-state index >= 15 is 0 Å². The third kappa shape index (κ3) is 10.9. The number of esters is 1. The molecule has 8 nitrogen and oxygen atoms in total. The van der Waals surface area contributed by atoms with E-state index in [-0.39, 0.29) is 33.0 Å². The summed E-state index contributed by atoms with van der Waals surface area (Å²) >= 11 is 0. The molecule has 0 aromatic rings. The molecule has 0 aromatic heterocycles. The maximum absolute atomic E-state index is 10.7. The van der Waals surface area contributed by atoms with Crippen molar-refractivity contribution < 1.29 is 39.4 Å². The van der Waals surface area contributed by atoms with Crippen LogP contribution in [0.3, 0.4) is 0 Å². The largest absolute Gasteiger partial charge is 0.460 e. The van der Waals surface area contributed by atoms with Crippen LogP contribution in [0, 0.1) is 0 Å². The molecule has 0 aromatic carbocycles. The van der Waals surface area contributed by atoms with Crippen LogP contribution in [0.2, 0.25) is 0 Å². The molecule has 0 aliphatic rings. The van der Waals surface area contributed by atoms with E-state index in [0.29, 0.717) is 0 Å². The van der Waals surface area contributed by atoms with E-state index in [1.807, 2.05) is 0 Å². The fourth-order valence-electron chi connectivity index (χ4n) is 1.07. The first kappa shape index (κ1) is 19.0. The van der Waals surface area contributed by atoms with Gasteiger partial charge in [0.15, 0.2) is 0 Å². The minimum atomic E-state index is -0.997. The Labute approximate surface area is 117 Å². The molecular formula is C12H22O8. The maximum Gasteiger partial charge on any atom is 0.330 e. The van der Waals surface area contributed by atoms with Crippen LogP contribution in [0.5, 0.6) is 0 Å². The third-order valence-corrected chi connectivity index (χ3v) is 2.04. The van der Waals surface area contributed by atoms with Crippen molar-refractivity contribution in [1.82, 2.24) is 0 Å². The molecule has 0 spiro atoms. The number of hydrogen-bond donors (Lipinski definition) is 4. The van der Waals surface area contributed by atoms with Gasteiger partial charge in [0.1, 0.15) is 24.9 Å². The standard InChI is InChI=1S/C12H22O8/c1-2-12(17)20-8-11(16)7-19-6-10(15)5-18-4-9(14)3-13/h2,9-11,13-16H,1,3-8H2. The van der Waals surface area contributed by atoms with Crippen molar-refractivity contribution in [2.45, 2.75) is 18.3 Å². The molecular weight excluding hydrogens is 272 g/mol. The summed E-state index contributed by atoms with van der Waals surface area (Å²) in [6.45, 7) is 2.21. The number of aliphatic hydroxyl groups is 4. The first-order valence-electron chi connectivity index (χ1n) is 6.09. The van der Waals surface area contributed by atoms with E-state index in [0.717, 1.165) is 6.08 Å². The quantitative estimate of drug-likeness (QED) is 0.236. The molecule has 0 saturated carbocycles. The Morgan fingerprint density at radius 3 is 1.85 bits per heavy atom. The summed E-state index contributed by atoms with van der Waals surface area (Å²) < 4.78 is 14.5. The lowest BCUT2D eigenvalue weighted by molar-refractivity contribution is -0.142. The van der Waals surface area contributed by atoms with Gasteiger partial charge in [-0.2, -0.15) is 0 Å². The average Bonchev–Trinajstić information content (AvgIpc) is 2.44. The molecule has 3 atom stereocenters. The summed E-state index contributed by atoms with van der Waals surface area (Å²) in [7, 11) is 0. The number of carbonyl (C=O) groups is 1. The third-order valence-electron chi connectivity index (χ3n) is 2.04. The first-order valence-corrected chi connectivity index (χ1v) is 6.09. The van der Waals surface area contributed by atoms with Crippen molar-refractivity contribution in [1.29, 1.82) is 0 Å². The van der Waals surface area contributed by atoms with Gasteiger partial charge in [-0.1, -0.05) is 6.58 Å². The zero-order valence-electron chi connectivity index (χ0n) is 11.2. The Hall–Kier alpha value is -1.03. The monoisotopic (exact) mass is 294 g/mol. The summed E-state index contributed by atoms with van der Waals surface area (Å²) in [6, 6.07) is 0. The molecule has 0 rings (SSSR count). The van der Waals surface area contributed by atoms with Crippen molar-refractivity contribution in [2.24, 2.45) is 0 Å². The number of carbonyl (C=O) groups excluding carboxylic acids is 1. The zero-order chi connectivity index (χ0) is 15.4. The summed E-state index contributed by atoms with van der Waals surface area (Å²) in [4.78, 5) is 10.7. The zero-order valence-corrected chi connectivity index (χ0v) is 11.2. The van der Waals surface area contributed by atoms with Crippen LogP contribution in [0.1, 0.15) is 0 Å². The van der Waals surface area contributed by atoms with Crippen LogP contribution < -0.4 is 0 Å². The van der Waals surface area contributed by atoms with Crippen LogP contribution in [0.25, 0.3) is 0 Å². The lowest BCUT2D eigenvalue weighted by Gasteiger charge is -2.15. The lowest BCUT2D eigenvalue weighted by atomic mass is 10.4. The van der Waals surface area contributed by atoms with Crippen LogP contribution in [-0.2, 0) is 19.0 Å². The molecule has 0 fully saturated rings. The summed E-state index contributed by atoms with van der Waals surface area (Å²) in [5.41, 5.74) is 0. The van der Waals surface area contributed by atoms with Gasteiger partial charge < -0.3 is 34.6 Å². The van der Waals surface area contributed by atoms with Gasteiger partial charge in [0, 0.05) is 6.08 Å². The van der Waals surface area contributed by atoms with E-state index in [9.17, 15) is 15.0 Å². The van der Waals surface area contributed by atoms with Crippen LogP contribution >= 0.6 is 0 Å². The molecule has 0 amide bonds. The Morgan fingerprint density at radius 2 is 1.40 bits per heavy atom. The van der Waals surface area contributed by atoms with Crippen molar-refractivity contribution >= 4 is 5.97 Å². The highest BCUT2D eigenvalue weighted by Gasteiger charge is 2.10. The molecule has 0 aliphatic carbocycles. The lowest BCUT2D eigenvalue weighted by Crippen LogP contribution is -2.29. The second-order valence-corrected chi connectivity index (χ2v) is 4.05. The molecule has 20 heavy (non-hydrogen) atoms. The van der Waals surface area contributed by atoms with Gasteiger partial charge in [-0.3, -0.25) is 0 Å². The second-order valence-electron chi connectivity index (χ2n) is 4.05. The Morgan fingerprint density at radius 1 is 0.950 bits per heavy atom. The normalized spacial score (nSPS) is 15.4.